The highest BCUT2D eigenvalue weighted by Crippen LogP contribution is 2.34. The summed E-state index contributed by atoms with van der Waals surface area (Å²) in [7, 11) is 1.71. The van der Waals surface area contributed by atoms with Crippen molar-refractivity contribution in [2.45, 2.75) is 39.7 Å². The minimum atomic E-state index is 0.384. The lowest BCUT2D eigenvalue weighted by Crippen LogP contribution is -2.28. The Bertz CT molecular complexity index is 364. The number of benzene rings is 1. The maximum atomic E-state index is 5.34. The summed E-state index contributed by atoms with van der Waals surface area (Å²) in [6, 6.07) is 6.58. The molecule has 1 aromatic carbocycles. The van der Waals surface area contributed by atoms with Crippen LogP contribution in [0.25, 0.3) is 0 Å². The third-order valence-electron chi connectivity index (χ3n) is 3.48. The van der Waals surface area contributed by atoms with E-state index in [2.05, 4.69) is 54.2 Å². The second-order valence-corrected chi connectivity index (χ2v) is 5.35. The van der Waals surface area contributed by atoms with Crippen LogP contribution < -0.4 is 10.1 Å². The van der Waals surface area contributed by atoms with Crippen LogP contribution >= 0.6 is 15.9 Å². The summed E-state index contributed by atoms with van der Waals surface area (Å²) in [5.41, 5.74) is 1.30. The van der Waals surface area contributed by atoms with Crippen LogP contribution in [0.5, 0.6) is 5.75 Å². The fourth-order valence-electron chi connectivity index (χ4n) is 2.40. The van der Waals surface area contributed by atoms with Crippen LogP contribution in [0.15, 0.2) is 22.7 Å². The lowest BCUT2D eigenvalue weighted by atomic mass is 9.88. The number of halogens is 1. The minimum absolute atomic E-state index is 0.384. The first-order valence-corrected chi connectivity index (χ1v) is 7.53. The zero-order chi connectivity index (χ0) is 13.5. The molecule has 0 spiro atoms. The van der Waals surface area contributed by atoms with E-state index in [0.717, 1.165) is 16.8 Å². The number of rotatable bonds is 7. The van der Waals surface area contributed by atoms with Gasteiger partial charge in [0, 0.05) is 10.5 Å². The molecular formula is C15H24BrNO. The highest BCUT2D eigenvalue weighted by molar-refractivity contribution is 9.10. The maximum absolute atomic E-state index is 5.34. The van der Waals surface area contributed by atoms with Gasteiger partial charge in [-0.25, -0.2) is 0 Å². The number of ether oxygens (including phenoxy) is 1. The Balaban J connectivity index is 3.10. The Morgan fingerprint density at radius 2 is 1.89 bits per heavy atom. The fourth-order valence-corrected chi connectivity index (χ4v) is 2.89. The molecule has 1 N–H and O–H groups in total. The van der Waals surface area contributed by atoms with Crippen LogP contribution in [-0.4, -0.2) is 13.7 Å². The van der Waals surface area contributed by atoms with Crippen molar-refractivity contribution in [3.05, 3.63) is 28.2 Å². The Hall–Kier alpha value is -0.540. The van der Waals surface area contributed by atoms with Gasteiger partial charge in [0.1, 0.15) is 5.75 Å². The largest absolute Gasteiger partial charge is 0.497 e. The quantitative estimate of drug-likeness (QED) is 0.797. The average molecular weight is 314 g/mol. The summed E-state index contributed by atoms with van der Waals surface area (Å²) in [5.74, 6) is 1.57. The first-order valence-electron chi connectivity index (χ1n) is 6.74. The van der Waals surface area contributed by atoms with Gasteiger partial charge in [-0.2, -0.15) is 0 Å². The smallest absolute Gasteiger partial charge is 0.119 e. The second-order valence-electron chi connectivity index (χ2n) is 4.50. The first-order chi connectivity index (χ1) is 8.67. The van der Waals surface area contributed by atoms with E-state index in [9.17, 15) is 0 Å². The van der Waals surface area contributed by atoms with Crippen molar-refractivity contribution >= 4 is 15.9 Å². The summed E-state index contributed by atoms with van der Waals surface area (Å²) in [6.07, 6.45) is 2.36. The molecule has 1 unspecified atom stereocenters. The lowest BCUT2D eigenvalue weighted by Gasteiger charge is -2.27. The third-order valence-corrected chi connectivity index (χ3v) is 4.20. The molecule has 2 nitrogen and oxygen atoms in total. The molecule has 0 fully saturated rings. The molecule has 0 aliphatic heterocycles. The van der Waals surface area contributed by atoms with Crippen LogP contribution in [-0.2, 0) is 0 Å². The third kappa shape index (κ3) is 3.72. The van der Waals surface area contributed by atoms with Crippen LogP contribution in [0.2, 0.25) is 0 Å². The Labute approximate surface area is 119 Å². The molecule has 0 bridgehead atoms. The van der Waals surface area contributed by atoms with Gasteiger partial charge in [0.05, 0.1) is 7.11 Å². The zero-order valence-corrected chi connectivity index (χ0v) is 13.4. The molecule has 0 aromatic heterocycles. The molecule has 102 valence electrons. The normalized spacial score (nSPS) is 12.8. The monoisotopic (exact) mass is 313 g/mol. The molecule has 18 heavy (non-hydrogen) atoms. The van der Waals surface area contributed by atoms with Gasteiger partial charge < -0.3 is 10.1 Å². The predicted octanol–water partition coefficient (Wildman–Crippen LogP) is 4.54. The zero-order valence-electron chi connectivity index (χ0n) is 11.8. The number of methoxy groups -OCH3 is 1. The molecule has 1 aromatic rings. The molecule has 3 heteroatoms. The Morgan fingerprint density at radius 3 is 2.39 bits per heavy atom. The second kappa shape index (κ2) is 7.80. The molecule has 0 saturated carbocycles. The van der Waals surface area contributed by atoms with Gasteiger partial charge in [0.15, 0.2) is 0 Å². The first kappa shape index (κ1) is 15.5. The van der Waals surface area contributed by atoms with E-state index in [1.807, 2.05) is 6.07 Å². The number of nitrogens with one attached hydrogen (secondary N) is 1. The number of hydrogen-bond acceptors (Lipinski definition) is 2. The van der Waals surface area contributed by atoms with Crippen molar-refractivity contribution in [2.75, 3.05) is 13.7 Å². The van der Waals surface area contributed by atoms with Crippen molar-refractivity contribution in [3.63, 3.8) is 0 Å². The van der Waals surface area contributed by atoms with Gasteiger partial charge in [0.2, 0.25) is 0 Å². The van der Waals surface area contributed by atoms with E-state index in [1.54, 1.807) is 7.11 Å². The van der Waals surface area contributed by atoms with E-state index >= 15 is 0 Å². The molecule has 0 heterocycles. The highest BCUT2D eigenvalue weighted by atomic mass is 79.9. The minimum Gasteiger partial charge on any atom is -0.497 e. The van der Waals surface area contributed by atoms with E-state index in [-0.39, 0.29) is 0 Å². The van der Waals surface area contributed by atoms with Gasteiger partial charge in [-0.1, -0.05) is 49.5 Å². The SMILES string of the molecule is CCNC(c1cc(OC)ccc1Br)C(CC)CC. The summed E-state index contributed by atoms with van der Waals surface area (Å²) in [6.45, 7) is 7.65. The summed E-state index contributed by atoms with van der Waals surface area (Å²) in [5, 5.41) is 3.61. The van der Waals surface area contributed by atoms with Crippen LogP contribution in [0.4, 0.5) is 0 Å². The van der Waals surface area contributed by atoms with Crippen LogP contribution in [0, 0.1) is 5.92 Å². The fraction of sp³-hybridized carbons (Fsp3) is 0.600. The molecule has 0 aliphatic rings. The summed E-state index contributed by atoms with van der Waals surface area (Å²) >= 11 is 3.66. The molecule has 0 saturated heterocycles. The molecule has 1 atom stereocenters. The van der Waals surface area contributed by atoms with Gasteiger partial charge >= 0.3 is 0 Å². The maximum Gasteiger partial charge on any atom is 0.119 e. The topological polar surface area (TPSA) is 21.3 Å². The number of hydrogen-bond donors (Lipinski definition) is 1. The molecular weight excluding hydrogens is 290 g/mol. The predicted molar refractivity (Wildman–Crippen MR) is 81.2 cm³/mol. The standard InChI is InChI=1S/C15H24BrNO/c1-5-11(6-2)15(17-7-3)13-10-12(18-4)8-9-14(13)16/h8-11,15,17H,5-7H2,1-4H3. The average Bonchev–Trinajstić information content (AvgIpc) is 2.40. The lowest BCUT2D eigenvalue weighted by molar-refractivity contribution is 0.343. The van der Waals surface area contributed by atoms with Gasteiger partial charge in [-0.15, -0.1) is 0 Å². The Morgan fingerprint density at radius 1 is 1.22 bits per heavy atom. The van der Waals surface area contributed by atoms with Gasteiger partial charge in [-0.05, 0) is 36.2 Å². The van der Waals surface area contributed by atoms with Crippen molar-refractivity contribution in [3.8, 4) is 5.75 Å². The van der Waals surface area contributed by atoms with E-state index < -0.39 is 0 Å². The Kier molecular flexibility index (Phi) is 6.72. The molecule has 0 radical (unpaired) electrons. The summed E-state index contributed by atoms with van der Waals surface area (Å²) in [4.78, 5) is 0. The van der Waals surface area contributed by atoms with Crippen molar-refractivity contribution in [2.24, 2.45) is 5.92 Å². The van der Waals surface area contributed by atoms with Gasteiger partial charge in [0.25, 0.3) is 0 Å². The molecule has 0 aliphatic carbocycles. The van der Waals surface area contributed by atoms with Crippen molar-refractivity contribution in [1.82, 2.24) is 5.32 Å². The van der Waals surface area contributed by atoms with E-state index in [1.165, 1.54) is 18.4 Å². The molecule has 1 rings (SSSR count). The van der Waals surface area contributed by atoms with E-state index in [0.29, 0.717) is 12.0 Å². The van der Waals surface area contributed by atoms with Crippen molar-refractivity contribution < 1.29 is 4.74 Å². The van der Waals surface area contributed by atoms with Gasteiger partial charge in [-0.3, -0.25) is 0 Å². The molecule has 0 amide bonds. The van der Waals surface area contributed by atoms with E-state index in [4.69, 9.17) is 4.74 Å². The van der Waals surface area contributed by atoms with Crippen molar-refractivity contribution in [1.29, 1.82) is 0 Å². The summed E-state index contributed by atoms with van der Waals surface area (Å²) < 4.78 is 6.49. The van der Waals surface area contributed by atoms with Crippen LogP contribution in [0.1, 0.15) is 45.2 Å². The van der Waals surface area contributed by atoms with Crippen LogP contribution in [0.3, 0.4) is 0 Å². The highest BCUT2D eigenvalue weighted by Gasteiger charge is 2.21.